The van der Waals surface area contributed by atoms with Crippen LogP contribution in [0.5, 0.6) is 0 Å². The maximum absolute atomic E-state index is 12.8. The number of hydrogen-bond donors (Lipinski definition) is 2. The molecule has 0 radical (unpaired) electrons. The van der Waals surface area contributed by atoms with E-state index in [4.69, 9.17) is 0 Å². The van der Waals surface area contributed by atoms with Crippen LogP contribution in [0.1, 0.15) is 16.7 Å². The molecule has 0 saturated heterocycles. The minimum absolute atomic E-state index is 0.0103. The molecule has 0 aliphatic heterocycles. The van der Waals surface area contributed by atoms with Gasteiger partial charge in [0, 0.05) is 11.4 Å². The lowest BCUT2D eigenvalue weighted by Gasteiger charge is -2.15. The number of alkyl halides is 6. The van der Waals surface area contributed by atoms with E-state index < -0.39 is 35.2 Å². The van der Waals surface area contributed by atoms with Crippen molar-refractivity contribution in [3.63, 3.8) is 0 Å². The van der Waals surface area contributed by atoms with Gasteiger partial charge < -0.3 is 10.6 Å². The van der Waals surface area contributed by atoms with E-state index in [2.05, 4.69) is 5.32 Å². The van der Waals surface area contributed by atoms with Gasteiger partial charge in [-0.2, -0.15) is 26.3 Å². The Balaban J connectivity index is 2.27. The summed E-state index contributed by atoms with van der Waals surface area (Å²) in [6.45, 7) is 1.76. The number of carbonyl (C=O) groups excluding carboxylic acids is 1. The van der Waals surface area contributed by atoms with Gasteiger partial charge in [0.1, 0.15) is 0 Å². The highest BCUT2D eigenvalue weighted by atomic mass is 19.4. The van der Waals surface area contributed by atoms with Crippen LogP contribution in [0.25, 0.3) is 0 Å². The van der Waals surface area contributed by atoms with Gasteiger partial charge in [-0.1, -0.05) is 12.1 Å². The fraction of sp³-hybridized carbons (Fsp3) is 0.188. The van der Waals surface area contributed by atoms with Gasteiger partial charge in [-0.25, -0.2) is 4.79 Å². The molecular formula is C16H12F6N2O. The predicted octanol–water partition coefficient (Wildman–Crippen LogP) is 5.68. The van der Waals surface area contributed by atoms with Gasteiger partial charge >= 0.3 is 18.4 Å². The van der Waals surface area contributed by atoms with Crippen LogP contribution in [0.4, 0.5) is 42.5 Å². The van der Waals surface area contributed by atoms with Crippen LogP contribution in [-0.4, -0.2) is 6.03 Å². The van der Waals surface area contributed by atoms with Crippen molar-refractivity contribution in [2.45, 2.75) is 19.3 Å². The number of nitrogens with one attached hydrogen (secondary N) is 2. The summed E-state index contributed by atoms with van der Waals surface area (Å²) in [5, 5.41) is 4.32. The fourth-order valence-electron chi connectivity index (χ4n) is 2.04. The SMILES string of the molecule is Cc1cccc(NC(=O)Nc2cc(C(F)(F)F)cc(C(F)(F)F)c2)c1. The molecule has 25 heavy (non-hydrogen) atoms. The fourth-order valence-corrected chi connectivity index (χ4v) is 2.04. The molecular weight excluding hydrogens is 350 g/mol. The third kappa shape index (κ3) is 5.13. The van der Waals surface area contributed by atoms with Crippen LogP contribution in [-0.2, 0) is 12.4 Å². The summed E-state index contributed by atoms with van der Waals surface area (Å²) < 4.78 is 76.6. The third-order valence-electron chi connectivity index (χ3n) is 3.12. The number of anilines is 2. The number of halogens is 6. The first-order valence-corrected chi connectivity index (χ1v) is 6.89. The van der Waals surface area contributed by atoms with E-state index in [1.165, 1.54) is 6.07 Å². The van der Waals surface area contributed by atoms with E-state index in [9.17, 15) is 31.1 Å². The zero-order valence-electron chi connectivity index (χ0n) is 12.7. The largest absolute Gasteiger partial charge is 0.416 e. The molecule has 9 heteroatoms. The van der Waals surface area contributed by atoms with Crippen molar-refractivity contribution in [2.24, 2.45) is 0 Å². The van der Waals surface area contributed by atoms with Gasteiger partial charge in [-0.05, 0) is 42.8 Å². The second-order valence-electron chi connectivity index (χ2n) is 5.24. The number of carbonyl (C=O) groups is 1. The molecule has 0 heterocycles. The normalized spacial score (nSPS) is 12.0. The second kappa shape index (κ2) is 6.66. The Morgan fingerprint density at radius 3 is 1.80 bits per heavy atom. The number of aryl methyl sites for hydroxylation is 1. The van der Waals surface area contributed by atoms with Crippen molar-refractivity contribution < 1.29 is 31.1 Å². The molecule has 0 fully saturated rings. The highest BCUT2D eigenvalue weighted by molar-refractivity contribution is 5.99. The Morgan fingerprint density at radius 1 is 0.800 bits per heavy atom. The van der Waals surface area contributed by atoms with Gasteiger partial charge in [-0.3, -0.25) is 0 Å². The van der Waals surface area contributed by atoms with Crippen molar-refractivity contribution in [1.29, 1.82) is 0 Å². The highest BCUT2D eigenvalue weighted by Gasteiger charge is 2.37. The molecule has 0 atom stereocenters. The van der Waals surface area contributed by atoms with Gasteiger partial charge in [0.15, 0.2) is 0 Å². The van der Waals surface area contributed by atoms with Crippen molar-refractivity contribution in [2.75, 3.05) is 10.6 Å². The first-order valence-electron chi connectivity index (χ1n) is 6.89. The average Bonchev–Trinajstić information content (AvgIpc) is 2.44. The van der Waals surface area contributed by atoms with Crippen LogP contribution in [0.15, 0.2) is 42.5 Å². The molecule has 2 aromatic carbocycles. The van der Waals surface area contributed by atoms with Crippen molar-refractivity contribution in [3.05, 3.63) is 59.2 Å². The molecule has 0 bridgehead atoms. The minimum atomic E-state index is -4.98. The molecule has 0 aromatic heterocycles. The van der Waals surface area contributed by atoms with Crippen LogP contribution < -0.4 is 10.6 Å². The van der Waals surface area contributed by atoms with Crippen molar-refractivity contribution >= 4 is 17.4 Å². The van der Waals surface area contributed by atoms with Gasteiger partial charge in [-0.15, -0.1) is 0 Å². The van der Waals surface area contributed by atoms with Crippen LogP contribution in [0.2, 0.25) is 0 Å². The summed E-state index contributed by atoms with van der Waals surface area (Å²) in [7, 11) is 0. The number of benzene rings is 2. The molecule has 0 aliphatic rings. The summed E-state index contributed by atoms with van der Waals surface area (Å²) in [5.74, 6) is 0. The van der Waals surface area contributed by atoms with Crippen molar-refractivity contribution in [3.8, 4) is 0 Å². The third-order valence-corrected chi connectivity index (χ3v) is 3.12. The molecule has 2 aromatic rings. The Morgan fingerprint density at radius 2 is 1.32 bits per heavy atom. The molecule has 3 nitrogen and oxygen atoms in total. The van der Waals surface area contributed by atoms with E-state index in [1.54, 1.807) is 25.1 Å². The smallest absolute Gasteiger partial charge is 0.308 e. The second-order valence-corrected chi connectivity index (χ2v) is 5.24. The molecule has 0 saturated carbocycles. The monoisotopic (exact) mass is 362 g/mol. The number of rotatable bonds is 2. The van der Waals surface area contributed by atoms with Gasteiger partial charge in [0.25, 0.3) is 0 Å². The Kier molecular flexibility index (Phi) is 4.96. The molecule has 0 unspecified atom stereocenters. The van der Waals surface area contributed by atoms with E-state index in [0.717, 1.165) is 5.56 Å². The number of urea groups is 1. The first kappa shape index (κ1) is 18.6. The van der Waals surface area contributed by atoms with E-state index in [1.807, 2.05) is 5.32 Å². The van der Waals surface area contributed by atoms with E-state index in [-0.39, 0.29) is 6.07 Å². The summed E-state index contributed by atoms with van der Waals surface area (Å²) in [6, 6.07) is 6.41. The molecule has 0 aliphatic carbocycles. The van der Waals surface area contributed by atoms with E-state index >= 15 is 0 Å². The summed E-state index contributed by atoms with van der Waals surface area (Å²) >= 11 is 0. The predicted molar refractivity (Wildman–Crippen MR) is 80.3 cm³/mol. The molecule has 134 valence electrons. The lowest BCUT2D eigenvalue weighted by molar-refractivity contribution is -0.143. The molecule has 2 rings (SSSR count). The summed E-state index contributed by atoms with van der Waals surface area (Å²) in [4.78, 5) is 11.8. The van der Waals surface area contributed by atoms with Gasteiger partial charge in [0.2, 0.25) is 0 Å². The maximum atomic E-state index is 12.8. The zero-order valence-corrected chi connectivity index (χ0v) is 12.7. The van der Waals surface area contributed by atoms with Crippen LogP contribution >= 0.6 is 0 Å². The molecule has 2 amide bonds. The minimum Gasteiger partial charge on any atom is -0.308 e. The maximum Gasteiger partial charge on any atom is 0.416 e. The van der Waals surface area contributed by atoms with Crippen LogP contribution in [0.3, 0.4) is 0 Å². The Bertz CT molecular complexity index is 751. The average molecular weight is 362 g/mol. The van der Waals surface area contributed by atoms with Crippen molar-refractivity contribution in [1.82, 2.24) is 0 Å². The standard InChI is InChI=1S/C16H12F6N2O/c1-9-3-2-4-12(5-9)23-14(25)24-13-7-10(15(17,18)19)6-11(8-13)16(20,21)22/h2-8H,1H3,(H2,23,24,25). The lowest BCUT2D eigenvalue weighted by Crippen LogP contribution is -2.20. The van der Waals surface area contributed by atoms with Gasteiger partial charge in [0.05, 0.1) is 11.1 Å². The quantitative estimate of drug-likeness (QED) is 0.664. The number of amides is 2. The first-order chi connectivity index (χ1) is 11.4. The number of hydrogen-bond acceptors (Lipinski definition) is 1. The molecule has 0 spiro atoms. The summed E-state index contributed by atoms with van der Waals surface area (Å²) in [6.07, 6.45) is -9.96. The zero-order chi connectivity index (χ0) is 18.8. The topological polar surface area (TPSA) is 41.1 Å². The van der Waals surface area contributed by atoms with Crippen LogP contribution in [0, 0.1) is 6.92 Å². The molecule has 2 N–H and O–H groups in total. The van der Waals surface area contributed by atoms with E-state index in [0.29, 0.717) is 17.8 Å². The highest BCUT2D eigenvalue weighted by Crippen LogP contribution is 2.37. The Labute approximate surface area is 138 Å². The summed E-state index contributed by atoms with van der Waals surface area (Å²) in [5.41, 5.74) is -2.47. The Hall–Kier alpha value is -2.71. The lowest BCUT2D eigenvalue weighted by atomic mass is 10.1.